The minimum absolute atomic E-state index is 0. The van der Waals surface area contributed by atoms with Crippen LogP contribution in [0.4, 0.5) is 4.39 Å². The van der Waals surface area contributed by atoms with Gasteiger partial charge in [-0.3, -0.25) is 4.99 Å². The first kappa shape index (κ1) is 26.7. The number of hydrogen-bond donors (Lipinski definition) is 3. The molecule has 0 amide bonds. The van der Waals surface area contributed by atoms with Gasteiger partial charge < -0.3 is 29.8 Å². The lowest BCUT2D eigenvalue weighted by Gasteiger charge is -2.18. The van der Waals surface area contributed by atoms with Gasteiger partial charge in [0.15, 0.2) is 5.96 Å². The first-order chi connectivity index (χ1) is 15.6. The minimum atomic E-state index is -0.262. The highest BCUT2D eigenvalue weighted by Crippen LogP contribution is 2.31. The fourth-order valence-corrected chi connectivity index (χ4v) is 3.57. The summed E-state index contributed by atoms with van der Waals surface area (Å²) in [7, 11) is 6.67. The summed E-state index contributed by atoms with van der Waals surface area (Å²) < 4.78 is 29.5. The van der Waals surface area contributed by atoms with Gasteiger partial charge in [0.2, 0.25) is 0 Å². The van der Waals surface area contributed by atoms with Gasteiger partial charge in [-0.1, -0.05) is 12.1 Å². The van der Waals surface area contributed by atoms with E-state index in [1.165, 1.54) is 12.1 Å². The molecule has 7 nitrogen and oxygen atoms in total. The van der Waals surface area contributed by atoms with Crippen LogP contribution in [0, 0.1) is 5.82 Å². The molecule has 9 heteroatoms. The zero-order valence-corrected chi connectivity index (χ0v) is 21.7. The molecule has 0 aliphatic carbocycles. The van der Waals surface area contributed by atoms with Crippen molar-refractivity contribution >= 4 is 40.8 Å². The van der Waals surface area contributed by atoms with Crippen molar-refractivity contribution in [3.05, 3.63) is 59.5 Å². The number of fused-ring (bicyclic) bond motifs is 1. The van der Waals surface area contributed by atoms with Crippen molar-refractivity contribution in [2.45, 2.75) is 18.9 Å². The fraction of sp³-hybridized carbons (Fsp3) is 0.375. The number of rotatable bonds is 10. The van der Waals surface area contributed by atoms with E-state index in [0.717, 1.165) is 53.0 Å². The summed E-state index contributed by atoms with van der Waals surface area (Å²) >= 11 is 0. The maximum Gasteiger partial charge on any atom is 0.191 e. The Kier molecular flexibility index (Phi) is 10.7. The smallest absolute Gasteiger partial charge is 0.191 e. The van der Waals surface area contributed by atoms with Crippen molar-refractivity contribution in [3.63, 3.8) is 0 Å². The van der Waals surface area contributed by atoms with Crippen molar-refractivity contribution in [1.29, 1.82) is 0 Å². The van der Waals surface area contributed by atoms with E-state index in [4.69, 9.17) is 14.2 Å². The summed E-state index contributed by atoms with van der Waals surface area (Å²) in [5.41, 5.74) is 3.03. The summed E-state index contributed by atoms with van der Waals surface area (Å²) in [6.07, 6.45) is 1.59. The number of aromatic nitrogens is 1. The van der Waals surface area contributed by atoms with Gasteiger partial charge in [0.25, 0.3) is 0 Å². The van der Waals surface area contributed by atoms with E-state index in [2.05, 4.69) is 26.7 Å². The van der Waals surface area contributed by atoms with Gasteiger partial charge >= 0.3 is 0 Å². The quantitative estimate of drug-likeness (QED) is 0.146. The van der Waals surface area contributed by atoms with Crippen molar-refractivity contribution in [2.75, 3.05) is 41.5 Å². The van der Waals surface area contributed by atoms with Gasteiger partial charge in [-0.25, -0.2) is 4.39 Å². The van der Waals surface area contributed by atoms with Gasteiger partial charge in [0.05, 0.1) is 25.8 Å². The SMILES string of the molecule is CN=C(NCCCc1cc2c(OC)cc(OC)cc2[nH]1)NCC(OC)c1ccc(F)cc1.I. The monoisotopic (exact) mass is 570 g/mol. The maximum absolute atomic E-state index is 13.2. The Balaban J connectivity index is 0.00000385. The summed E-state index contributed by atoms with van der Waals surface area (Å²) in [6, 6.07) is 12.3. The van der Waals surface area contributed by atoms with Crippen molar-refractivity contribution < 1.29 is 18.6 Å². The Morgan fingerprint density at radius 3 is 2.45 bits per heavy atom. The van der Waals surface area contributed by atoms with E-state index in [9.17, 15) is 4.39 Å². The summed E-state index contributed by atoms with van der Waals surface area (Å²) in [5, 5.41) is 7.62. The molecule has 33 heavy (non-hydrogen) atoms. The number of guanidine groups is 1. The molecule has 0 spiro atoms. The second-order valence-corrected chi connectivity index (χ2v) is 7.34. The highest BCUT2D eigenvalue weighted by atomic mass is 127. The minimum Gasteiger partial charge on any atom is -0.497 e. The third-order valence-electron chi connectivity index (χ3n) is 5.31. The van der Waals surface area contributed by atoms with Crippen molar-refractivity contribution in [2.24, 2.45) is 4.99 Å². The highest BCUT2D eigenvalue weighted by Gasteiger charge is 2.12. The zero-order valence-electron chi connectivity index (χ0n) is 19.4. The molecule has 1 heterocycles. The number of aliphatic imine (C=N–C) groups is 1. The first-order valence-corrected chi connectivity index (χ1v) is 10.5. The van der Waals surface area contributed by atoms with Crippen LogP contribution in [0.5, 0.6) is 11.5 Å². The summed E-state index contributed by atoms with van der Waals surface area (Å²) in [5.74, 6) is 1.98. The van der Waals surface area contributed by atoms with Gasteiger partial charge in [0.1, 0.15) is 17.3 Å². The molecule has 2 aromatic carbocycles. The molecule has 1 atom stereocenters. The van der Waals surface area contributed by atoms with Crippen molar-refractivity contribution in [1.82, 2.24) is 15.6 Å². The van der Waals surface area contributed by atoms with Crippen LogP contribution in [0.25, 0.3) is 10.9 Å². The average molecular weight is 570 g/mol. The highest BCUT2D eigenvalue weighted by molar-refractivity contribution is 14.0. The van der Waals surface area contributed by atoms with Crippen LogP contribution in [0.2, 0.25) is 0 Å². The second kappa shape index (κ2) is 13.2. The third kappa shape index (κ3) is 7.23. The average Bonchev–Trinajstić information content (AvgIpc) is 3.23. The second-order valence-electron chi connectivity index (χ2n) is 7.34. The van der Waals surface area contributed by atoms with Crippen LogP contribution in [0.1, 0.15) is 23.8 Å². The Morgan fingerprint density at radius 2 is 1.82 bits per heavy atom. The van der Waals surface area contributed by atoms with Gasteiger partial charge in [-0.15, -0.1) is 24.0 Å². The predicted octanol–water partition coefficient (Wildman–Crippen LogP) is 4.43. The largest absolute Gasteiger partial charge is 0.497 e. The predicted molar refractivity (Wildman–Crippen MR) is 141 cm³/mol. The number of ether oxygens (including phenoxy) is 3. The number of benzene rings is 2. The van der Waals surface area contributed by atoms with Gasteiger partial charge in [-0.2, -0.15) is 0 Å². The lowest BCUT2D eigenvalue weighted by molar-refractivity contribution is 0.106. The molecule has 0 fully saturated rings. The first-order valence-electron chi connectivity index (χ1n) is 10.5. The molecular weight excluding hydrogens is 538 g/mol. The number of hydrogen-bond acceptors (Lipinski definition) is 4. The van der Waals surface area contributed by atoms with E-state index < -0.39 is 0 Å². The van der Waals surface area contributed by atoms with Crippen LogP contribution >= 0.6 is 24.0 Å². The number of methoxy groups -OCH3 is 3. The van der Waals surface area contributed by atoms with E-state index in [0.29, 0.717) is 12.5 Å². The lowest BCUT2D eigenvalue weighted by Crippen LogP contribution is -2.40. The molecule has 3 aromatic rings. The number of halogens is 2. The molecule has 0 aliphatic heterocycles. The number of aryl methyl sites for hydroxylation is 1. The van der Waals surface area contributed by atoms with E-state index in [1.54, 1.807) is 40.5 Å². The van der Waals surface area contributed by atoms with E-state index in [-0.39, 0.29) is 35.9 Å². The van der Waals surface area contributed by atoms with Gasteiger partial charge in [0, 0.05) is 50.5 Å². The Labute approximate surface area is 211 Å². The van der Waals surface area contributed by atoms with Crippen LogP contribution in [-0.4, -0.2) is 52.4 Å². The molecule has 0 saturated heterocycles. The normalized spacial score (nSPS) is 12.2. The molecule has 3 N–H and O–H groups in total. The number of nitrogens with zero attached hydrogens (tertiary/aromatic N) is 1. The molecule has 0 saturated carbocycles. The van der Waals surface area contributed by atoms with E-state index in [1.807, 2.05) is 12.1 Å². The molecule has 0 bridgehead atoms. The van der Waals surface area contributed by atoms with Crippen LogP contribution in [0.15, 0.2) is 47.5 Å². The topological polar surface area (TPSA) is 79.9 Å². The molecule has 180 valence electrons. The molecule has 0 radical (unpaired) electrons. The number of H-pyrrole nitrogens is 1. The standard InChI is InChI=1S/C24H31FN4O3.HI/c1-26-24(28-15-23(32-4)16-7-9-17(25)10-8-16)27-11-5-6-18-12-20-21(29-18)13-19(30-2)14-22(20)31-3;/h7-10,12-14,23,29H,5-6,11,15H2,1-4H3,(H2,26,27,28);1H. The Hall–Kier alpha value is -2.53. The molecule has 0 aliphatic rings. The molecular formula is C24H32FIN4O3. The lowest BCUT2D eigenvalue weighted by atomic mass is 10.1. The Bertz CT molecular complexity index is 1040. The third-order valence-corrected chi connectivity index (χ3v) is 5.31. The molecule has 1 unspecified atom stereocenters. The summed E-state index contributed by atoms with van der Waals surface area (Å²) in [6.45, 7) is 1.27. The Morgan fingerprint density at radius 1 is 1.06 bits per heavy atom. The van der Waals surface area contributed by atoms with Crippen LogP contribution < -0.4 is 20.1 Å². The van der Waals surface area contributed by atoms with Crippen LogP contribution in [-0.2, 0) is 11.2 Å². The molecule has 3 rings (SSSR count). The van der Waals surface area contributed by atoms with E-state index >= 15 is 0 Å². The fourth-order valence-electron chi connectivity index (χ4n) is 3.57. The maximum atomic E-state index is 13.2. The summed E-state index contributed by atoms with van der Waals surface area (Å²) in [4.78, 5) is 7.70. The van der Waals surface area contributed by atoms with Gasteiger partial charge in [-0.05, 0) is 36.6 Å². The molecule has 1 aromatic heterocycles. The van der Waals surface area contributed by atoms with Crippen LogP contribution in [0.3, 0.4) is 0 Å². The number of aromatic amines is 1. The number of nitrogens with one attached hydrogen (secondary N) is 3. The zero-order chi connectivity index (χ0) is 22.9. The van der Waals surface area contributed by atoms with Crippen molar-refractivity contribution in [3.8, 4) is 11.5 Å².